The van der Waals surface area contributed by atoms with E-state index in [2.05, 4.69) is 4.98 Å². The summed E-state index contributed by atoms with van der Waals surface area (Å²) in [6.45, 7) is 0. The molecule has 2 nitrogen and oxygen atoms in total. The smallest absolute Gasteiger partial charge is 0.254 e. The molecule has 5 heteroatoms. The lowest BCUT2D eigenvalue weighted by Crippen LogP contribution is -2.16. The first kappa shape index (κ1) is 10.3. The Hall–Kier alpha value is -0.770. The highest BCUT2D eigenvalue weighted by atomic mass is 127. The second-order valence-electron chi connectivity index (χ2n) is 2.38. The average molecular weight is 294 g/mol. The molecule has 1 aromatic heterocycles. The van der Waals surface area contributed by atoms with Gasteiger partial charge in [-0.25, -0.2) is 0 Å². The minimum Gasteiger partial charge on any atom is -0.254 e. The van der Waals surface area contributed by atoms with E-state index in [1.54, 1.807) is 22.6 Å². The van der Waals surface area contributed by atoms with Gasteiger partial charge in [-0.05, 0) is 12.1 Å². The van der Waals surface area contributed by atoms with Crippen molar-refractivity contribution in [3.63, 3.8) is 0 Å². The summed E-state index contributed by atoms with van der Waals surface area (Å²) in [5.41, 5.74) is -0.00564. The summed E-state index contributed by atoms with van der Waals surface area (Å²) in [6, 6.07) is 4.33. The van der Waals surface area contributed by atoms with Gasteiger partial charge in [-0.1, -0.05) is 22.6 Å². The second-order valence-corrected chi connectivity index (χ2v) is 3.14. The van der Waals surface area contributed by atoms with Gasteiger partial charge in [-0.3, -0.25) is 4.98 Å². The van der Waals surface area contributed by atoms with Gasteiger partial charge >= 0.3 is 0 Å². The van der Waals surface area contributed by atoms with Gasteiger partial charge in [0.1, 0.15) is 11.8 Å². The van der Waals surface area contributed by atoms with E-state index in [1.165, 1.54) is 12.1 Å². The molecule has 13 heavy (non-hydrogen) atoms. The van der Waals surface area contributed by atoms with Crippen molar-refractivity contribution in [1.82, 2.24) is 4.98 Å². The standard InChI is InChI=1S/C8H5F2IN2/c9-8(10,5-11)7-2-1-6(3-12)4-13-7/h1-2,4H,5H2. The Morgan fingerprint density at radius 3 is 2.62 bits per heavy atom. The van der Waals surface area contributed by atoms with Gasteiger partial charge in [0.25, 0.3) is 5.92 Å². The lowest BCUT2D eigenvalue weighted by molar-refractivity contribution is 0.0218. The van der Waals surface area contributed by atoms with E-state index >= 15 is 0 Å². The monoisotopic (exact) mass is 294 g/mol. The lowest BCUT2D eigenvalue weighted by Gasteiger charge is -2.11. The molecular weight excluding hydrogens is 289 g/mol. The minimum absolute atomic E-state index is 0.285. The second kappa shape index (κ2) is 3.96. The Kier molecular flexibility index (Phi) is 3.14. The third-order valence-electron chi connectivity index (χ3n) is 1.44. The Morgan fingerprint density at radius 2 is 2.23 bits per heavy atom. The molecule has 0 fully saturated rings. The number of nitriles is 1. The summed E-state index contributed by atoms with van der Waals surface area (Å²) in [5, 5.41) is 8.41. The number of hydrogen-bond donors (Lipinski definition) is 0. The fourth-order valence-corrected chi connectivity index (χ4v) is 1.14. The van der Waals surface area contributed by atoms with Gasteiger partial charge in [0.15, 0.2) is 0 Å². The van der Waals surface area contributed by atoms with E-state index in [9.17, 15) is 8.78 Å². The number of alkyl halides is 3. The number of rotatable bonds is 2. The first-order chi connectivity index (χ1) is 6.10. The molecule has 0 amide bonds. The summed E-state index contributed by atoms with van der Waals surface area (Å²) in [5.74, 6) is -2.91. The van der Waals surface area contributed by atoms with E-state index in [0.717, 1.165) is 6.20 Å². The SMILES string of the molecule is N#Cc1ccc(C(F)(F)CI)nc1. The quantitative estimate of drug-likeness (QED) is 0.620. The van der Waals surface area contributed by atoms with Crippen LogP contribution in [-0.4, -0.2) is 9.41 Å². The summed E-state index contributed by atoms with van der Waals surface area (Å²) in [7, 11) is 0. The Balaban J connectivity index is 3.00. The van der Waals surface area contributed by atoms with Crippen molar-refractivity contribution >= 4 is 22.6 Å². The highest BCUT2D eigenvalue weighted by Gasteiger charge is 2.31. The van der Waals surface area contributed by atoms with Crippen molar-refractivity contribution < 1.29 is 8.78 Å². The molecule has 0 aromatic carbocycles. The molecule has 0 saturated carbocycles. The first-order valence-electron chi connectivity index (χ1n) is 3.40. The van der Waals surface area contributed by atoms with Crippen LogP contribution in [0.1, 0.15) is 11.3 Å². The number of aromatic nitrogens is 1. The molecule has 0 aliphatic carbocycles. The highest BCUT2D eigenvalue weighted by Crippen LogP contribution is 2.28. The third-order valence-corrected chi connectivity index (χ3v) is 2.39. The zero-order valence-corrected chi connectivity index (χ0v) is 8.62. The van der Waals surface area contributed by atoms with E-state index in [4.69, 9.17) is 5.26 Å². The summed E-state index contributed by atoms with van der Waals surface area (Å²) >= 11 is 1.60. The molecule has 0 bridgehead atoms. The predicted molar refractivity (Wildman–Crippen MR) is 51.7 cm³/mol. The van der Waals surface area contributed by atoms with Crippen LogP contribution in [0.5, 0.6) is 0 Å². The molecule has 0 unspecified atom stereocenters. The van der Waals surface area contributed by atoms with Gasteiger partial charge < -0.3 is 0 Å². The van der Waals surface area contributed by atoms with Gasteiger partial charge in [0, 0.05) is 6.20 Å². The van der Waals surface area contributed by atoms with Crippen LogP contribution in [0.2, 0.25) is 0 Å². The lowest BCUT2D eigenvalue weighted by atomic mass is 10.2. The Morgan fingerprint density at radius 1 is 1.54 bits per heavy atom. The molecular formula is C8H5F2IN2. The van der Waals surface area contributed by atoms with Crippen LogP contribution in [0.4, 0.5) is 8.78 Å². The zero-order chi connectivity index (χ0) is 9.90. The van der Waals surface area contributed by atoms with E-state index in [-0.39, 0.29) is 15.7 Å². The fourth-order valence-electron chi connectivity index (χ4n) is 0.745. The van der Waals surface area contributed by atoms with Crippen molar-refractivity contribution in [2.24, 2.45) is 0 Å². The maximum absolute atomic E-state index is 13.0. The Bertz CT molecular complexity index is 329. The maximum Gasteiger partial charge on any atom is 0.298 e. The maximum atomic E-state index is 13.0. The van der Waals surface area contributed by atoms with Crippen molar-refractivity contribution in [3.8, 4) is 6.07 Å². The van der Waals surface area contributed by atoms with Crippen molar-refractivity contribution in [2.75, 3.05) is 4.43 Å². The molecule has 0 atom stereocenters. The molecule has 0 aliphatic rings. The van der Waals surface area contributed by atoms with Crippen molar-refractivity contribution in [2.45, 2.75) is 5.92 Å². The van der Waals surface area contributed by atoms with E-state index in [1.807, 2.05) is 6.07 Å². The van der Waals surface area contributed by atoms with Crippen LogP contribution in [0.3, 0.4) is 0 Å². The molecule has 1 heterocycles. The number of pyridine rings is 1. The molecule has 68 valence electrons. The molecule has 0 saturated heterocycles. The molecule has 1 rings (SSSR count). The largest absolute Gasteiger partial charge is 0.298 e. The van der Waals surface area contributed by atoms with Crippen LogP contribution < -0.4 is 0 Å². The van der Waals surface area contributed by atoms with Crippen LogP contribution in [-0.2, 0) is 5.92 Å². The molecule has 1 aromatic rings. The van der Waals surface area contributed by atoms with E-state index in [0.29, 0.717) is 0 Å². The first-order valence-corrected chi connectivity index (χ1v) is 4.93. The molecule has 0 spiro atoms. The van der Waals surface area contributed by atoms with Gasteiger partial charge in [-0.2, -0.15) is 14.0 Å². The molecule has 0 radical (unpaired) electrons. The van der Waals surface area contributed by atoms with Crippen LogP contribution in [0, 0.1) is 11.3 Å². The minimum atomic E-state index is -2.91. The van der Waals surface area contributed by atoms with Gasteiger partial charge in [0.05, 0.1) is 9.99 Å². The third kappa shape index (κ3) is 2.34. The van der Waals surface area contributed by atoms with Crippen molar-refractivity contribution in [3.05, 3.63) is 29.6 Å². The summed E-state index contributed by atoms with van der Waals surface area (Å²) in [4.78, 5) is 3.51. The van der Waals surface area contributed by atoms with Crippen LogP contribution in [0.25, 0.3) is 0 Å². The van der Waals surface area contributed by atoms with Crippen LogP contribution >= 0.6 is 22.6 Å². The summed E-state index contributed by atoms with van der Waals surface area (Å²) < 4.78 is 25.6. The van der Waals surface area contributed by atoms with Crippen LogP contribution in [0.15, 0.2) is 18.3 Å². The topological polar surface area (TPSA) is 36.7 Å². The normalized spacial score (nSPS) is 10.9. The van der Waals surface area contributed by atoms with Gasteiger partial charge in [-0.15, -0.1) is 0 Å². The molecule has 0 aliphatic heterocycles. The van der Waals surface area contributed by atoms with E-state index < -0.39 is 5.92 Å². The number of halogens is 3. The Labute approximate surface area is 87.7 Å². The predicted octanol–water partition coefficient (Wildman–Crippen LogP) is 2.48. The zero-order valence-electron chi connectivity index (χ0n) is 6.47. The van der Waals surface area contributed by atoms with Crippen molar-refractivity contribution in [1.29, 1.82) is 5.26 Å². The fraction of sp³-hybridized carbons (Fsp3) is 0.250. The highest BCUT2D eigenvalue weighted by molar-refractivity contribution is 14.1. The molecule has 0 N–H and O–H groups in total. The summed E-state index contributed by atoms with van der Waals surface area (Å²) in [6.07, 6.45) is 1.15. The average Bonchev–Trinajstić information content (AvgIpc) is 2.18. The number of nitrogens with zero attached hydrogens (tertiary/aromatic N) is 2. The van der Waals surface area contributed by atoms with Gasteiger partial charge in [0.2, 0.25) is 0 Å². The number of hydrogen-bond acceptors (Lipinski definition) is 2.